The molecule has 2 aromatic rings. The summed E-state index contributed by atoms with van der Waals surface area (Å²) in [6.07, 6.45) is 0.730. The van der Waals surface area contributed by atoms with Crippen LogP contribution in [0.4, 0.5) is 0 Å². The Hall–Kier alpha value is -2.84. The summed E-state index contributed by atoms with van der Waals surface area (Å²) in [6, 6.07) is 19.2. The first kappa shape index (κ1) is 16.5. The molecule has 0 spiro atoms. The van der Waals surface area contributed by atoms with Crippen molar-refractivity contribution in [3.63, 3.8) is 0 Å². The number of Topliss-reactive ketones (excluding diaryl/α,β-unsaturated/α-hetero) is 1. The average molecular weight is 301 g/mol. The van der Waals surface area contributed by atoms with Crippen LogP contribution in [0.2, 0.25) is 0 Å². The zero-order valence-corrected chi connectivity index (χ0v) is 13.5. The summed E-state index contributed by atoms with van der Waals surface area (Å²) in [4.78, 5) is 13.0. The van der Waals surface area contributed by atoms with Crippen molar-refractivity contribution in [2.75, 3.05) is 0 Å². The molecular weight excluding hydrogens is 282 g/mol. The minimum atomic E-state index is -0.863. The number of aryl methyl sites for hydroxylation is 1. The first-order valence-electron chi connectivity index (χ1n) is 7.62. The molecule has 0 amide bonds. The zero-order valence-electron chi connectivity index (χ0n) is 13.5. The van der Waals surface area contributed by atoms with Gasteiger partial charge >= 0.3 is 0 Å². The fraction of sp³-hybridized carbons (Fsp3) is 0.238. The van der Waals surface area contributed by atoms with E-state index in [0.717, 1.165) is 11.1 Å². The third kappa shape index (κ3) is 4.09. The maximum atomic E-state index is 13.0. The third-order valence-electron chi connectivity index (χ3n) is 3.88. The molecule has 0 radical (unpaired) electrons. The van der Waals surface area contributed by atoms with E-state index >= 15 is 0 Å². The molecule has 0 heterocycles. The molecule has 114 valence electrons. The Morgan fingerprint density at radius 2 is 1.74 bits per heavy atom. The molecule has 0 aliphatic heterocycles. The quantitative estimate of drug-likeness (QED) is 0.614. The second kappa shape index (κ2) is 7.43. The van der Waals surface area contributed by atoms with Crippen molar-refractivity contribution in [1.29, 1.82) is 5.26 Å². The maximum absolute atomic E-state index is 13.0. The number of rotatable bonds is 4. The molecule has 2 heteroatoms. The number of carbonyl (C=O) groups is 1. The molecule has 1 atom stereocenters. The molecule has 2 aromatic carbocycles. The molecule has 0 bridgehead atoms. The van der Waals surface area contributed by atoms with Crippen LogP contribution in [-0.2, 0) is 0 Å². The van der Waals surface area contributed by atoms with Crippen molar-refractivity contribution < 1.29 is 4.79 Å². The lowest BCUT2D eigenvalue weighted by atomic mass is 9.78. The topological polar surface area (TPSA) is 40.9 Å². The summed E-state index contributed by atoms with van der Waals surface area (Å²) in [6.45, 7) is 3.75. The molecule has 0 N–H and O–H groups in total. The van der Waals surface area contributed by atoms with Crippen LogP contribution in [0.3, 0.4) is 0 Å². The molecule has 2 rings (SSSR count). The van der Waals surface area contributed by atoms with E-state index in [4.69, 9.17) is 5.26 Å². The van der Waals surface area contributed by atoms with Crippen molar-refractivity contribution in [2.45, 2.75) is 26.7 Å². The SMILES string of the molecule is Cc1ccccc1C(=O)C(C)(C#Cc1ccccc1)CCC#N. The highest BCUT2D eigenvalue weighted by Gasteiger charge is 2.32. The number of nitriles is 1. The molecule has 23 heavy (non-hydrogen) atoms. The Balaban J connectivity index is 2.40. The Bertz CT molecular complexity index is 790. The number of hydrogen-bond donors (Lipinski definition) is 0. The molecule has 1 unspecified atom stereocenters. The van der Waals surface area contributed by atoms with Gasteiger partial charge < -0.3 is 0 Å². The highest BCUT2D eigenvalue weighted by atomic mass is 16.1. The Morgan fingerprint density at radius 1 is 1.09 bits per heavy atom. The third-order valence-corrected chi connectivity index (χ3v) is 3.88. The monoisotopic (exact) mass is 301 g/mol. The zero-order chi connectivity index (χ0) is 16.7. The molecule has 0 saturated heterocycles. The van der Waals surface area contributed by atoms with Gasteiger partial charge in [-0.15, -0.1) is 0 Å². The van der Waals surface area contributed by atoms with Crippen LogP contribution >= 0.6 is 0 Å². The van der Waals surface area contributed by atoms with Gasteiger partial charge in [0.25, 0.3) is 0 Å². The standard InChI is InChI=1S/C21H19NO/c1-17-9-6-7-12-19(17)20(23)21(2,14-8-16-22)15-13-18-10-4-3-5-11-18/h3-7,9-12H,8,14H2,1-2H3. The minimum absolute atomic E-state index is 0.0192. The van der Waals surface area contributed by atoms with E-state index in [1.807, 2.05) is 68.4 Å². The summed E-state index contributed by atoms with van der Waals surface area (Å²) >= 11 is 0. The van der Waals surface area contributed by atoms with E-state index in [9.17, 15) is 4.79 Å². The summed E-state index contributed by atoms with van der Waals surface area (Å²) in [5, 5.41) is 8.91. The van der Waals surface area contributed by atoms with E-state index in [1.54, 1.807) is 0 Å². The smallest absolute Gasteiger partial charge is 0.180 e. The van der Waals surface area contributed by atoms with Gasteiger partial charge in [0.1, 0.15) is 0 Å². The van der Waals surface area contributed by atoms with Gasteiger partial charge in [-0.2, -0.15) is 5.26 Å². The van der Waals surface area contributed by atoms with Crippen LogP contribution in [-0.4, -0.2) is 5.78 Å². The predicted octanol–water partition coefficient (Wildman–Crippen LogP) is 4.54. The lowest BCUT2D eigenvalue weighted by Crippen LogP contribution is -2.27. The van der Waals surface area contributed by atoms with E-state index in [1.165, 1.54) is 0 Å². The highest BCUT2D eigenvalue weighted by molar-refractivity contribution is 6.03. The van der Waals surface area contributed by atoms with Gasteiger partial charge in [-0.05, 0) is 38.0 Å². The molecule has 0 aliphatic rings. The van der Waals surface area contributed by atoms with Crippen molar-refractivity contribution in [3.05, 3.63) is 71.3 Å². The molecule has 0 aromatic heterocycles. The number of benzene rings is 2. The Morgan fingerprint density at radius 3 is 2.39 bits per heavy atom. The first-order chi connectivity index (χ1) is 11.1. The van der Waals surface area contributed by atoms with Gasteiger partial charge in [-0.25, -0.2) is 0 Å². The van der Waals surface area contributed by atoms with Crippen LogP contribution in [0.15, 0.2) is 54.6 Å². The first-order valence-corrected chi connectivity index (χ1v) is 7.62. The van der Waals surface area contributed by atoms with Crippen LogP contribution < -0.4 is 0 Å². The van der Waals surface area contributed by atoms with Crippen LogP contribution in [0.25, 0.3) is 0 Å². The van der Waals surface area contributed by atoms with Gasteiger partial charge in [0.2, 0.25) is 0 Å². The predicted molar refractivity (Wildman–Crippen MR) is 91.8 cm³/mol. The molecule has 0 aliphatic carbocycles. The van der Waals surface area contributed by atoms with E-state index in [0.29, 0.717) is 18.4 Å². The second-order valence-electron chi connectivity index (χ2n) is 5.75. The Kier molecular flexibility index (Phi) is 5.34. The Labute approximate surface area is 137 Å². The lowest BCUT2D eigenvalue weighted by Gasteiger charge is -2.22. The van der Waals surface area contributed by atoms with E-state index < -0.39 is 5.41 Å². The fourth-order valence-corrected chi connectivity index (χ4v) is 2.40. The van der Waals surface area contributed by atoms with Gasteiger partial charge in [-0.1, -0.05) is 54.3 Å². The van der Waals surface area contributed by atoms with Gasteiger partial charge in [0.05, 0.1) is 11.5 Å². The fourth-order valence-electron chi connectivity index (χ4n) is 2.40. The summed E-state index contributed by atoms with van der Waals surface area (Å²) < 4.78 is 0. The number of carbonyl (C=O) groups excluding carboxylic acids is 1. The number of nitrogens with zero attached hydrogens (tertiary/aromatic N) is 1. The molecular formula is C21H19NO. The van der Waals surface area contributed by atoms with Crippen molar-refractivity contribution >= 4 is 5.78 Å². The summed E-state index contributed by atoms with van der Waals surface area (Å²) in [7, 11) is 0. The van der Waals surface area contributed by atoms with Crippen molar-refractivity contribution in [1.82, 2.24) is 0 Å². The van der Waals surface area contributed by atoms with Crippen molar-refractivity contribution in [3.8, 4) is 17.9 Å². The maximum Gasteiger partial charge on any atom is 0.180 e. The molecule has 0 saturated carbocycles. The normalized spacial score (nSPS) is 12.4. The summed E-state index contributed by atoms with van der Waals surface area (Å²) in [5.74, 6) is 6.19. The van der Waals surface area contributed by atoms with Gasteiger partial charge in [-0.3, -0.25) is 4.79 Å². The largest absolute Gasteiger partial charge is 0.292 e. The van der Waals surface area contributed by atoms with Gasteiger partial charge in [0, 0.05) is 17.5 Å². The van der Waals surface area contributed by atoms with Crippen LogP contribution in [0.5, 0.6) is 0 Å². The van der Waals surface area contributed by atoms with E-state index in [-0.39, 0.29) is 5.78 Å². The lowest BCUT2D eigenvalue weighted by molar-refractivity contribution is 0.0870. The van der Waals surface area contributed by atoms with E-state index in [2.05, 4.69) is 17.9 Å². The number of ketones is 1. The van der Waals surface area contributed by atoms with Crippen molar-refractivity contribution in [2.24, 2.45) is 5.41 Å². The van der Waals surface area contributed by atoms with Crippen LogP contribution in [0.1, 0.15) is 41.3 Å². The minimum Gasteiger partial charge on any atom is -0.292 e. The average Bonchev–Trinajstić information content (AvgIpc) is 2.59. The molecule has 0 fully saturated rings. The number of hydrogen-bond acceptors (Lipinski definition) is 2. The second-order valence-corrected chi connectivity index (χ2v) is 5.75. The van der Waals surface area contributed by atoms with Crippen LogP contribution in [0, 0.1) is 35.5 Å². The molecule has 2 nitrogen and oxygen atoms in total. The highest BCUT2D eigenvalue weighted by Crippen LogP contribution is 2.29. The summed E-state index contributed by atoms with van der Waals surface area (Å²) in [5.41, 5.74) is 1.61. The van der Waals surface area contributed by atoms with Gasteiger partial charge in [0.15, 0.2) is 5.78 Å².